The molecule has 2 nitrogen and oxygen atoms in total. The number of nitrogens with one attached hydrogen (secondary N) is 1. The number of nitrogens with zero attached hydrogens (tertiary/aromatic N) is 1. The van der Waals surface area contributed by atoms with Crippen LogP contribution in [0.4, 0.5) is 13.2 Å². The molecule has 0 bridgehead atoms. The molecular weight excluding hydrogens is 265 g/mol. The van der Waals surface area contributed by atoms with Gasteiger partial charge in [0.2, 0.25) is 0 Å². The molecule has 0 amide bonds. The Hall–Kier alpha value is -1.07. The van der Waals surface area contributed by atoms with Crippen molar-refractivity contribution in [2.45, 2.75) is 38.0 Å². The van der Waals surface area contributed by atoms with Crippen LogP contribution < -0.4 is 5.32 Å². The lowest BCUT2D eigenvalue weighted by Crippen LogP contribution is -2.59. The number of halogens is 3. The number of benzene rings is 1. The van der Waals surface area contributed by atoms with E-state index in [4.69, 9.17) is 0 Å². The van der Waals surface area contributed by atoms with Gasteiger partial charge in [0.05, 0.1) is 6.42 Å². The molecule has 0 aromatic heterocycles. The molecule has 1 fully saturated rings. The van der Waals surface area contributed by atoms with E-state index in [9.17, 15) is 13.2 Å². The van der Waals surface area contributed by atoms with Crippen molar-refractivity contribution in [3.63, 3.8) is 0 Å². The van der Waals surface area contributed by atoms with Gasteiger partial charge < -0.3 is 5.32 Å². The van der Waals surface area contributed by atoms with Gasteiger partial charge in [0.25, 0.3) is 0 Å². The smallest absolute Gasteiger partial charge is 0.307 e. The second kappa shape index (κ2) is 5.74. The Morgan fingerprint density at radius 2 is 1.90 bits per heavy atom. The van der Waals surface area contributed by atoms with Crippen molar-refractivity contribution in [2.75, 3.05) is 19.6 Å². The standard InChI is InChI=1S/C15H21F3N2/c1-14(2)11-19-13(12-6-4-3-5-7-12)10-20(14)9-8-15(16,17)18/h3-7,13,19H,8-11H2,1-2H3. The predicted octanol–water partition coefficient (Wildman–Crippen LogP) is 3.36. The molecule has 2 rings (SSSR count). The van der Waals surface area contributed by atoms with Gasteiger partial charge >= 0.3 is 6.18 Å². The third kappa shape index (κ3) is 3.96. The number of rotatable bonds is 3. The Morgan fingerprint density at radius 3 is 2.50 bits per heavy atom. The fraction of sp³-hybridized carbons (Fsp3) is 0.600. The van der Waals surface area contributed by atoms with Crippen LogP contribution in [0.5, 0.6) is 0 Å². The van der Waals surface area contributed by atoms with Crippen LogP contribution in [0, 0.1) is 0 Å². The summed E-state index contributed by atoms with van der Waals surface area (Å²) in [6.07, 6.45) is -4.85. The van der Waals surface area contributed by atoms with Crippen molar-refractivity contribution in [3.8, 4) is 0 Å². The SMILES string of the molecule is CC1(C)CNC(c2ccccc2)CN1CCC(F)(F)F. The van der Waals surface area contributed by atoms with Crippen molar-refractivity contribution in [2.24, 2.45) is 0 Å². The zero-order valence-corrected chi connectivity index (χ0v) is 11.9. The van der Waals surface area contributed by atoms with Crippen LogP contribution in [-0.4, -0.2) is 36.2 Å². The van der Waals surface area contributed by atoms with Crippen molar-refractivity contribution in [1.29, 1.82) is 0 Å². The Bertz CT molecular complexity index is 428. The van der Waals surface area contributed by atoms with Crippen LogP contribution in [0.15, 0.2) is 30.3 Å². The van der Waals surface area contributed by atoms with Gasteiger partial charge in [-0.1, -0.05) is 30.3 Å². The molecule has 1 aromatic carbocycles. The number of hydrogen-bond acceptors (Lipinski definition) is 2. The second-order valence-corrected chi connectivity index (χ2v) is 5.97. The highest BCUT2D eigenvalue weighted by Crippen LogP contribution is 2.28. The topological polar surface area (TPSA) is 15.3 Å². The zero-order chi connectivity index (χ0) is 14.8. The molecule has 1 unspecified atom stereocenters. The van der Waals surface area contributed by atoms with Gasteiger partial charge in [-0.05, 0) is 19.4 Å². The molecule has 0 spiro atoms. The normalized spacial score (nSPS) is 23.8. The number of hydrogen-bond donors (Lipinski definition) is 1. The van der Waals surface area contributed by atoms with Crippen LogP contribution in [0.3, 0.4) is 0 Å². The van der Waals surface area contributed by atoms with Crippen molar-refractivity contribution >= 4 is 0 Å². The first-order chi connectivity index (χ1) is 9.28. The molecule has 1 aliphatic rings. The van der Waals surface area contributed by atoms with Crippen LogP contribution in [0.1, 0.15) is 31.9 Å². The molecule has 0 aliphatic carbocycles. The summed E-state index contributed by atoms with van der Waals surface area (Å²) in [5, 5.41) is 3.43. The van der Waals surface area contributed by atoms with Crippen LogP contribution >= 0.6 is 0 Å². The molecule has 0 saturated carbocycles. The monoisotopic (exact) mass is 286 g/mol. The van der Waals surface area contributed by atoms with E-state index in [2.05, 4.69) is 5.32 Å². The summed E-state index contributed by atoms with van der Waals surface area (Å²) in [6.45, 7) is 5.31. The van der Waals surface area contributed by atoms with Crippen molar-refractivity contribution < 1.29 is 13.2 Å². The lowest BCUT2D eigenvalue weighted by molar-refractivity contribution is -0.142. The molecule has 1 N–H and O–H groups in total. The molecule has 1 saturated heterocycles. The van der Waals surface area contributed by atoms with Gasteiger partial charge in [-0.3, -0.25) is 4.90 Å². The summed E-state index contributed by atoms with van der Waals surface area (Å²) in [6, 6.07) is 9.97. The minimum Gasteiger partial charge on any atom is -0.307 e. The van der Waals surface area contributed by atoms with E-state index in [1.165, 1.54) is 0 Å². The maximum atomic E-state index is 12.4. The molecule has 112 valence electrons. The highest BCUT2D eigenvalue weighted by atomic mass is 19.4. The molecular formula is C15H21F3N2. The summed E-state index contributed by atoms with van der Waals surface area (Å²) in [5.74, 6) is 0. The minimum atomic E-state index is -4.09. The van der Waals surface area contributed by atoms with Gasteiger partial charge in [-0.25, -0.2) is 0 Å². The first-order valence-electron chi connectivity index (χ1n) is 6.88. The number of alkyl halides is 3. The fourth-order valence-electron chi connectivity index (χ4n) is 2.58. The predicted molar refractivity (Wildman–Crippen MR) is 73.5 cm³/mol. The third-order valence-corrected chi connectivity index (χ3v) is 3.91. The van der Waals surface area contributed by atoms with Gasteiger partial charge in [-0.2, -0.15) is 13.2 Å². The Kier molecular flexibility index (Phi) is 4.39. The minimum absolute atomic E-state index is 0.0571. The van der Waals surface area contributed by atoms with E-state index in [0.29, 0.717) is 13.1 Å². The van der Waals surface area contributed by atoms with Gasteiger partial charge in [0.15, 0.2) is 0 Å². The maximum Gasteiger partial charge on any atom is 0.390 e. The van der Waals surface area contributed by atoms with Crippen LogP contribution in [0.25, 0.3) is 0 Å². The van der Waals surface area contributed by atoms with E-state index in [1.54, 1.807) is 0 Å². The summed E-state index contributed by atoms with van der Waals surface area (Å²) < 4.78 is 37.3. The molecule has 5 heteroatoms. The summed E-state index contributed by atoms with van der Waals surface area (Å²) in [4.78, 5) is 1.94. The van der Waals surface area contributed by atoms with Crippen LogP contribution in [0.2, 0.25) is 0 Å². The lowest BCUT2D eigenvalue weighted by atomic mass is 9.94. The Balaban J connectivity index is 2.04. The first-order valence-corrected chi connectivity index (χ1v) is 6.88. The van der Waals surface area contributed by atoms with E-state index >= 15 is 0 Å². The molecule has 1 aromatic rings. The highest BCUT2D eigenvalue weighted by Gasteiger charge is 2.37. The molecule has 20 heavy (non-hydrogen) atoms. The summed E-state index contributed by atoms with van der Waals surface area (Å²) >= 11 is 0. The lowest BCUT2D eigenvalue weighted by Gasteiger charge is -2.46. The number of piperazine rings is 1. The van der Waals surface area contributed by atoms with Gasteiger partial charge in [0, 0.05) is 31.2 Å². The Morgan fingerprint density at radius 1 is 1.25 bits per heavy atom. The summed E-state index contributed by atoms with van der Waals surface area (Å²) in [5.41, 5.74) is 0.872. The van der Waals surface area contributed by atoms with E-state index in [1.807, 2.05) is 49.1 Å². The highest BCUT2D eigenvalue weighted by molar-refractivity contribution is 5.20. The van der Waals surface area contributed by atoms with E-state index in [-0.39, 0.29) is 18.1 Å². The van der Waals surface area contributed by atoms with Gasteiger partial charge in [-0.15, -0.1) is 0 Å². The summed E-state index contributed by atoms with van der Waals surface area (Å²) in [7, 11) is 0. The first kappa shape index (κ1) is 15.3. The molecule has 1 heterocycles. The van der Waals surface area contributed by atoms with Crippen LogP contribution in [-0.2, 0) is 0 Å². The van der Waals surface area contributed by atoms with Crippen molar-refractivity contribution in [1.82, 2.24) is 10.2 Å². The van der Waals surface area contributed by atoms with Crippen molar-refractivity contribution in [3.05, 3.63) is 35.9 Å². The zero-order valence-electron chi connectivity index (χ0n) is 11.9. The van der Waals surface area contributed by atoms with E-state index < -0.39 is 12.6 Å². The fourth-order valence-corrected chi connectivity index (χ4v) is 2.58. The van der Waals surface area contributed by atoms with Gasteiger partial charge in [0.1, 0.15) is 0 Å². The van der Waals surface area contributed by atoms with E-state index in [0.717, 1.165) is 5.56 Å². The Labute approximate surface area is 118 Å². The average molecular weight is 286 g/mol. The molecule has 1 atom stereocenters. The third-order valence-electron chi connectivity index (χ3n) is 3.91. The average Bonchev–Trinajstić information content (AvgIpc) is 2.37. The quantitative estimate of drug-likeness (QED) is 0.916. The second-order valence-electron chi connectivity index (χ2n) is 5.97. The largest absolute Gasteiger partial charge is 0.390 e. The molecule has 0 radical (unpaired) electrons. The maximum absolute atomic E-state index is 12.4. The molecule has 1 aliphatic heterocycles.